The highest BCUT2D eigenvalue weighted by atomic mass is 32.1. The monoisotopic (exact) mass is 343 g/mol. The molecule has 6 nitrogen and oxygen atoms in total. The van der Waals surface area contributed by atoms with Crippen molar-refractivity contribution in [2.24, 2.45) is 0 Å². The predicted molar refractivity (Wildman–Crippen MR) is 93.0 cm³/mol. The van der Waals surface area contributed by atoms with E-state index in [1.54, 1.807) is 6.07 Å². The largest absolute Gasteiger partial charge is 0.464 e. The van der Waals surface area contributed by atoms with Gasteiger partial charge < -0.3 is 4.74 Å². The van der Waals surface area contributed by atoms with Gasteiger partial charge in [-0.15, -0.1) is 16.4 Å². The molecule has 7 heteroatoms. The molecule has 3 rings (SSSR count). The van der Waals surface area contributed by atoms with E-state index in [-0.39, 0.29) is 12.1 Å². The number of aromatic nitrogens is 3. The molecule has 0 saturated carbocycles. The highest BCUT2D eigenvalue weighted by Gasteiger charge is 2.14. The Kier molecular flexibility index (Phi) is 5.00. The Hall–Kier alpha value is -2.54. The third-order valence-corrected chi connectivity index (χ3v) is 4.59. The van der Waals surface area contributed by atoms with E-state index in [9.17, 15) is 9.59 Å². The summed E-state index contributed by atoms with van der Waals surface area (Å²) in [7, 11) is 0. The smallest absolute Gasteiger partial charge is 0.327 e. The SMILES string of the molecule is CCCCOC(=O)Cn1nnc2sc(-c3ccccc3)cc2c1=O. The van der Waals surface area contributed by atoms with Crippen LogP contribution in [0.3, 0.4) is 0 Å². The lowest BCUT2D eigenvalue weighted by Crippen LogP contribution is -2.28. The van der Waals surface area contributed by atoms with Crippen LogP contribution < -0.4 is 5.56 Å². The maximum absolute atomic E-state index is 12.5. The minimum atomic E-state index is -0.474. The van der Waals surface area contributed by atoms with Gasteiger partial charge in [0.1, 0.15) is 6.54 Å². The molecule has 0 unspecified atom stereocenters. The van der Waals surface area contributed by atoms with Gasteiger partial charge in [-0.3, -0.25) is 9.59 Å². The number of rotatable bonds is 6. The van der Waals surface area contributed by atoms with Crippen LogP contribution in [0.1, 0.15) is 19.8 Å². The van der Waals surface area contributed by atoms with E-state index in [2.05, 4.69) is 10.3 Å². The van der Waals surface area contributed by atoms with E-state index in [1.165, 1.54) is 11.3 Å². The molecular weight excluding hydrogens is 326 g/mol. The number of ether oxygens (including phenoxy) is 1. The second kappa shape index (κ2) is 7.35. The first-order valence-electron chi connectivity index (χ1n) is 7.77. The number of thiophene rings is 1. The number of carbonyl (C=O) groups is 1. The molecule has 1 aromatic carbocycles. The molecule has 0 bridgehead atoms. The lowest BCUT2D eigenvalue weighted by Gasteiger charge is -2.04. The summed E-state index contributed by atoms with van der Waals surface area (Å²) in [6.07, 6.45) is 1.74. The van der Waals surface area contributed by atoms with E-state index in [0.29, 0.717) is 16.8 Å². The van der Waals surface area contributed by atoms with Crippen molar-refractivity contribution in [2.75, 3.05) is 6.61 Å². The van der Waals surface area contributed by atoms with Crippen molar-refractivity contribution in [3.8, 4) is 10.4 Å². The molecule has 0 saturated heterocycles. The molecule has 2 heterocycles. The summed E-state index contributed by atoms with van der Waals surface area (Å²) >= 11 is 1.41. The second-order valence-corrected chi connectivity index (χ2v) is 6.35. The van der Waals surface area contributed by atoms with Crippen molar-refractivity contribution in [2.45, 2.75) is 26.3 Å². The zero-order valence-electron chi connectivity index (χ0n) is 13.3. The molecule has 0 spiro atoms. The summed E-state index contributed by atoms with van der Waals surface area (Å²) in [6.45, 7) is 2.15. The fraction of sp³-hybridized carbons (Fsp3) is 0.294. The summed E-state index contributed by atoms with van der Waals surface area (Å²) in [5.41, 5.74) is 0.691. The highest BCUT2D eigenvalue weighted by molar-refractivity contribution is 7.21. The van der Waals surface area contributed by atoms with Gasteiger partial charge in [0.15, 0.2) is 4.83 Å². The minimum Gasteiger partial charge on any atom is -0.464 e. The van der Waals surface area contributed by atoms with Crippen molar-refractivity contribution in [3.63, 3.8) is 0 Å². The maximum Gasteiger partial charge on any atom is 0.327 e. The quantitative estimate of drug-likeness (QED) is 0.508. The molecule has 0 radical (unpaired) electrons. The third kappa shape index (κ3) is 3.51. The van der Waals surface area contributed by atoms with Crippen molar-refractivity contribution < 1.29 is 9.53 Å². The van der Waals surface area contributed by atoms with Crippen LogP contribution in [0.5, 0.6) is 0 Å². The van der Waals surface area contributed by atoms with Crippen LogP contribution >= 0.6 is 11.3 Å². The van der Waals surface area contributed by atoms with Gasteiger partial charge in [0.25, 0.3) is 5.56 Å². The standard InChI is InChI=1S/C17H17N3O3S/c1-2-3-9-23-15(21)11-20-17(22)13-10-14(24-16(13)18-19-20)12-7-5-4-6-8-12/h4-8,10H,2-3,9,11H2,1H3. The van der Waals surface area contributed by atoms with Crippen LogP contribution in [0.15, 0.2) is 41.2 Å². The fourth-order valence-corrected chi connectivity index (χ4v) is 3.20. The van der Waals surface area contributed by atoms with Crippen LogP contribution in [0, 0.1) is 0 Å². The summed E-state index contributed by atoms with van der Waals surface area (Å²) in [5.74, 6) is -0.474. The van der Waals surface area contributed by atoms with Gasteiger partial charge in [-0.1, -0.05) is 48.9 Å². The zero-order chi connectivity index (χ0) is 16.9. The van der Waals surface area contributed by atoms with Gasteiger partial charge in [-0.2, -0.15) is 4.68 Å². The van der Waals surface area contributed by atoms with Crippen molar-refractivity contribution in [1.29, 1.82) is 0 Å². The maximum atomic E-state index is 12.5. The first-order chi connectivity index (χ1) is 11.7. The van der Waals surface area contributed by atoms with Crippen LogP contribution in [0.25, 0.3) is 20.7 Å². The van der Waals surface area contributed by atoms with E-state index in [4.69, 9.17) is 4.74 Å². The zero-order valence-corrected chi connectivity index (χ0v) is 14.1. The van der Waals surface area contributed by atoms with Crippen LogP contribution in [0.2, 0.25) is 0 Å². The number of nitrogens with zero attached hydrogens (tertiary/aromatic N) is 3. The second-order valence-electron chi connectivity index (χ2n) is 5.32. The number of hydrogen-bond acceptors (Lipinski definition) is 6. The Morgan fingerprint density at radius 2 is 2.08 bits per heavy atom. The molecule has 0 aliphatic rings. The van der Waals surface area contributed by atoms with Crippen LogP contribution in [-0.4, -0.2) is 27.6 Å². The predicted octanol–water partition coefficient (Wildman–Crippen LogP) is 2.86. The number of carbonyl (C=O) groups excluding carboxylic acids is 1. The third-order valence-electron chi connectivity index (χ3n) is 3.52. The van der Waals surface area contributed by atoms with Gasteiger partial charge in [0, 0.05) is 4.88 Å². The molecule has 2 aromatic heterocycles. The van der Waals surface area contributed by atoms with Crippen molar-refractivity contribution in [1.82, 2.24) is 15.0 Å². The normalized spacial score (nSPS) is 10.9. The van der Waals surface area contributed by atoms with Crippen LogP contribution in [0.4, 0.5) is 0 Å². The molecule has 0 amide bonds. The average molecular weight is 343 g/mol. The van der Waals surface area contributed by atoms with Gasteiger partial charge in [0.2, 0.25) is 0 Å². The molecule has 0 fully saturated rings. The Morgan fingerprint density at radius 3 is 2.83 bits per heavy atom. The minimum absolute atomic E-state index is 0.220. The summed E-state index contributed by atoms with van der Waals surface area (Å²) in [6, 6.07) is 11.6. The molecule has 0 atom stereocenters. The summed E-state index contributed by atoms with van der Waals surface area (Å²) < 4.78 is 6.12. The molecular formula is C17H17N3O3S. The Bertz CT molecular complexity index is 902. The molecule has 0 aliphatic heterocycles. The lowest BCUT2D eigenvalue weighted by atomic mass is 10.2. The topological polar surface area (TPSA) is 74.1 Å². The van der Waals surface area contributed by atoms with Gasteiger partial charge in [-0.05, 0) is 18.1 Å². The molecule has 0 aliphatic carbocycles. The number of hydrogen-bond donors (Lipinski definition) is 0. The van der Waals surface area contributed by atoms with E-state index in [1.807, 2.05) is 37.3 Å². The Labute approximate surface area is 142 Å². The average Bonchev–Trinajstić information content (AvgIpc) is 3.04. The Balaban J connectivity index is 1.85. The number of esters is 1. The van der Waals surface area contributed by atoms with Gasteiger partial charge in [0.05, 0.1) is 12.0 Å². The fourth-order valence-electron chi connectivity index (χ4n) is 2.23. The number of benzene rings is 1. The Morgan fingerprint density at radius 1 is 1.29 bits per heavy atom. The number of unbranched alkanes of at least 4 members (excludes halogenated alkanes) is 1. The molecule has 124 valence electrons. The first kappa shape index (κ1) is 16.3. The van der Waals surface area contributed by atoms with E-state index < -0.39 is 5.97 Å². The first-order valence-corrected chi connectivity index (χ1v) is 8.59. The molecule has 3 aromatic rings. The number of fused-ring (bicyclic) bond motifs is 1. The highest BCUT2D eigenvalue weighted by Crippen LogP contribution is 2.30. The van der Waals surface area contributed by atoms with Crippen molar-refractivity contribution in [3.05, 3.63) is 46.8 Å². The molecule has 0 N–H and O–H groups in total. The van der Waals surface area contributed by atoms with Gasteiger partial charge >= 0.3 is 5.97 Å². The summed E-state index contributed by atoms with van der Waals surface area (Å²) in [5, 5.41) is 8.37. The van der Waals surface area contributed by atoms with Crippen LogP contribution in [-0.2, 0) is 16.1 Å². The van der Waals surface area contributed by atoms with E-state index in [0.717, 1.165) is 28.0 Å². The summed E-state index contributed by atoms with van der Waals surface area (Å²) in [4.78, 5) is 25.8. The molecule has 24 heavy (non-hydrogen) atoms. The van der Waals surface area contributed by atoms with Crippen molar-refractivity contribution >= 4 is 27.5 Å². The van der Waals surface area contributed by atoms with E-state index >= 15 is 0 Å². The lowest BCUT2D eigenvalue weighted by molar-refractivity contribution is -0.144. The van der Waals surface area contributed by atoms with Gasteiger partial charge in [-0.25, -0.2) is 0 Å².